The summed E-state index contributed by atoms with van der Waals surface area (Å²) in [5.74, 6) is 0.874. The fourth-order valence-electron chi connectivity index (χ4n) is 6.63. The first-order valence-corrected chi connectivity index (χ1v) is 14.5. The van der Waals surface area contributed by atoms with Crippen molar-refractivity contribution in [1.29, 1.82) is 0 Å². The number of hydrogen-bond acceptors (Lipinski definition) is 5. The van der Waals surface area contributed by atoms with E-state index < -0.39 is 5.41 Å². The molecule has 0 unspecified atom stereocenters. The average Bonchev–Trinajstić information content (AvgIpc) is 3.39. The van der Waals surface area contributed by atoms with Gasteiger partial charge in [0.15, 0.2) is 0 Å². The molecule has 0 bridgehead atoms. The molecule has 1 aliphatic rings. The standard InChI is InChI=1S/C39H26N3O2.Pt/c1-44-27-22-25(38-31-14-4-8-17-34(31)40-24-41-38)21-26(23-27)39(32-15-6-2-11-28(32)29-12-3-7-16-33(29)39)37-20-10-18-35(42-37)30-13-5-9-19-36(30)43;/h2-20,22-24,43H,1H3;/q-1;. The molecule has 0 atom stereocenters. The Kier molecular flexibility index (Phi) is 7.27. The van der Waals surface area contributed by atoms with Gasteiger partial charge in [0.1, 0.15) is 12.1 Å². The maximum atomic E-state index is 10.8. The van der Waals surface area contributed by atoms with Crippen LogP contribution in [0.1, 0.15) is 22.4 Å². The third-order valence-corrected chi connectivity index (χ3v) is 8.55. The monoisotopic (exact) mass is 763 g/mol. The maximum Gasteiger partial charge on any atom is 0.124 e. The van der Waals surface area contributed by atoms with Gasteiger partial charge in [-0.2, -0.15) is 0 Å². The second-order valence-corrected chi connectivity index (χ2v) is 10.9. The van der Waals surface area contributed by atoms with Crippen LogP contribution in [-0.4, -0.2) is 27.2 Å². The predicted octanol–water partition coefficient (Wildman–Crippen LogP) is 8.23. The topological polar surface area (TPSA) is 68.1 Å². The van der Waals surface area contributed by atoms with E-state index in [0.717, 1.165) is 55.7 Å². The van der Waals surface area contributed by atoms with Crippen molar-refractivity contribution in [3.63, 3.8) is 0 Å². The van der Waals surface area contributed by atoms with Crippen molar-refractivity contribution in [2.24, 2.45) is 0 Å². The number of ether oxygens (including phenoxy) is 1. The van der Waals surface area contributed by atoms with Crippen LogP contribution < -0.4 is 4.74 Å². The molecule has 220 valence electrons. The molecule has 0 saturated carbocycles. The summed E-state index contributed by atoms with van der Waals surface area (Å²) < 4.78 is 5.94. The molecular formula is C39H26N3O2Pt-. The number of hydrogen-bond donors (Lipinski definition) is 1. The van der Waals surface area contributed by atoms with Crippen molar-refractivity contribution in [2.45, 2.75) is 5.41 Å². The Morgan fingerprint density at radius 2 is 1.36 bits per heavy atom. The normalized spacial score (nSPS) is 12.6. The molecule has 0 spiro atoms. The minimum absolute atomic E-state index is 0. The zero-order valence-electron chi connectivity index (χ0n) is 24.2. The Hall–Kier alpha value is -5.12. The molecule has 0 aliphatic heterocycles. The Morgan fingerprint density at radius 3 is 2.09 bits per heavy atom. The SMILES string of the molecule is COc1cc(-c2ncnc3ccccc23)[c-]c(C2(c3cccc(-c4ccccc4O)n3)c3ccccc3-c3ccccc32)c1.[Pt]. The minimum atomic E-state index is -0.834. The Bertz CT molecular complexity index is 2160. The summed E-state index contributed by atoms with van der Waals surface area (Å²) in [5.41, 5.74) is 9.16. The van der Waals surface area contributed by atoms with Crippen LogP contribution in [0.25, 0.3) is 44.5 Å². The molecule has 2 aromatic heterocycles. The summed E-state index contributed by atoms with van der Waals surface area (Å²) in [7, 11) is 1.68. The molecule has 1 N–H and O–H groups in total. The first-order valence-electron chi connectivity index (χ1n) is 14.5. The van der Waals surface area contributed by atoms with Gasteiger partial charge in [-0.15, -0.1) is 23.3 Å². The second-order valence-electron chi connectivity index (χ2n) is 10.9. The molecule has 2 heterocycles. The van der Waals surface area contributed by atoms with Crippen LogP contribution in [0.2, 0.25) is 0 Å². The predicted molar refractivity (Wildman–Crippen MR) is 173 cm³/mol. The summed E-state index contributed by atoms with van der Waals surface area (Å²) in [6.07, 6.45) is 1.60. The fraction of sp³-hybridized carbons (Fsp3) is 0.0513. The first kappa shape index (κ1) is 28.6. The van der Waals surface area contributed by atoms with Crippen molar-refractivity contribution in [1.82, 2.24) is 15.0 Å². The number of aromatic hydroxyl groups is 1. The summed E-state index contributed by atoms with van der Waals surface area (Å²) >= 11 is 0. The molecule has 0 fully saturated rings. The van der Waals surface area contributed by atoms with Crippen molar-refractivity contribution in [2.75, 3.05) is 7.11 Å². The molecule has 6 heteroatoms. The van der Waals surface area contributed by atoms with Crippen LogP contribution in [-0.2, 0) is 26.5 Å². The van der Waals surface area contributed by atoms with Crippen LogP contribution in [0.4, 0.5) is 0 Å². The number of fused-ring (bicyclic) bond motifs is 4. The van der Waals surface area contributed by atoms with Gasteiger partial charge >= 0.3 is 0 Å². The maximum absolute atomic E-state index is 10.8. The van der Waals surface area contributed by atoms with Gasteiger partial charge in [0.25, 0.3) is 0 Å². The van der Waals surface area contributed by atoms with E-state index in [9.17, 15) is 5.11 Å². The quantitative estimate of drug-likeness (QED) is 0.179. The Labute approximate surface area is 275 Å². The summed E-state index contributed by atoms with van der Waals surface area (Å²) in [6.45, 7) is 0. The molecule has 1 aliphatic carbocycles. The van der Waals surface area contributed by atoms with E-state index in [-0.39, 0.29) is 26.8 Å². The van der Waals surface area contributed by atoms with Crippen molar-refractivity contribution in [3.8, 4) is 45.1 Å². The zero-order valence-corrected chi connectivity index (χ0v) is 26.5. The number of methoxy groups -OCH3 is 1. The van der Waals surface area contributed by atoms with Crippen LogP contribution in [0.15, 0.2) is 134 Å². The van der Waals surface area contributed by atoms with Crippen molar-refractivity contribution < 1.29 is 30.9 Å². The van der Waals surface area contributed by atoms with E-state index in [1.165, 1.54) is 0 Å². The number of para-hydroxylation sites is 2. The van der Waals surface area contributed by atoms with E-state index in [2.05, 4.69) is 71.7 Å². The zero-order chi connectivity index (χ0) is 29.7. The molecule has 0 saturated heterocycles. The van der Waals surface area contributed by atoms with Gasteiger partial charge in [0, 0.05) is 32.4 Å². The molecule has 0 radical (unpaired) electrons. The second kappa shape index (κ2) is 11.4. The molecule has 45 heavy (non-hydrogen) atoms. The average molecular weight is 764 g/mol. The largest absolute Gasteiger partial charge is 0.516 e. The number of benzene rings is 5. The fourth-order valence-corrected chi connectivity index (χ4v) is 6.63. The Balaban J connectivity index is 0.00000325. The van der Waals surface area contributed by atoms with E-state index in [1.807, 2.05) is 60.7 Å². The first-order chi connectivity index (χ1) is 21.7. The summed E-state index contributed by atoms with van der Waals surface area (Å²) in [5, 5.41) is 11.7. The van der Waals surface area contributed by atoms with Gasteiger partial charge < -0.3 is 9.84 Å². The summed E-state index contributed by atoms with van der Waals surface area (Å²) in [6, 6.07) is 46.1. The molecule has 0 amide bonds. The number of nitrogens with zero attached hydrogens (tertiary/aromatic N) is 3. The van der Waals surface area contributed by atoms with E-state index >= 15 is 0 Å². The number of aromatic nitrogens is 3. The van der Waals surface area contributed by atoms with E-state index in [0.29, 0.717) is 17.0 Å². The third-order valence-electron chi connectivity index (χ3n) is 8.55. The van der Waals surface area contributed by atoms with Gasteiger partial charge in [0.05, 0.1) is 29.4 Å². The van der Waals surface area contributed by atoms with E-state index in [4.69, 9.17) is 14.7 Å². The number of pyridine rings is 1. The molecule has 5 nitrogen and oxygen atoms in total. The molecule has 8 rings (SSSR count). The van der Waals surface area contributed by atoms with Crippen LogP contribution >= 0.6 is 0 Å². The van der Waals surface area contributed by atoms with Crippen molar-refractivity contribution >= 4 is 10.9 Å². The molecule has 5 aromatic carbocycles. The van der Waals surface area contributed by atoms with Crippen LogP contribution in [0.3, 0.4) is 0 Å². The number of phenols is 1. The third kappa shape index (κ3) is 4.46. The number of phenolic OH excluding ortho intramolecular Hbond substituents is 1. The van der Waals surface area contributed by atoms with Gasteiger partial charge in [-0.1, -0.05) is 91.0 Å². The summed E-state index contributed by atoms with van der Waals surface area (Å²) in [4.78, 5) is 14.5. The van der Waals surface area contributed by atoms with Crippen molar-refractivity contribution in [3.05, 3.63) is 162 Å². The van der Waals surface area contributed by atoms with Gasteiger partial charge in [-0.05, 0) is 63.7 Å². The molecular weight excluding hydrogens is 738 g/mol. The van der Waals surface area contributed by atoms with Crippen LogP contribution in [0.5, 0.6) is 11.5 Å². The minimum Gasteiger partial charge on any atom is -0.516 e. The van der Waals surface area contributed by atoms with Gasteiger partial charge in [-0.25, -0.2) is 4.98 Å². The Morgan fingerprint density at radius 1 is 0.689 bits per heavy atom. The van der Waals surface area contributed by atoms with Gasteiger partial charge in [0.2, 0.25) is 0 Å². The number of rotatable bonds is 5. The van der Waals surface area contributed by atoms with Gasteiger partial charge in [-0.3, -0.25) is 9.97 Å². The molecule has 7 aromatic rings. The smallest absolute Gasteiger partial charge is 0.124 e. The van der Waals surface area contributed by atoms with E-state index in [1.54, 1.807) is 19.5 Å². The van der Waals surface area contributed by atoms with Crippen LogP contribution in [0, 0.1) is 6.07 Å².